The summed E-state index contributed by atoms with van der Waals surface area (Å²) in [6.07, 6.45) is 2.51. The van der Waals surface area contributed by atoms with Crippen molar-refractivity contribution in [3.05, 3.63) is 82.4 Å². The van der Waals surface area contributed by atoms with Crippen LogP contribution >= 0.6 is 0 Å². The number of carbonyl (C=O) groups is 3. The number of fused-ring (bicyclic) bond motifs is 2. The minimum absolute atomic E-state index is 0.0556. The van der Waals surface area contributed by atoms with E-state index in [-0.39, 0.29) is 30.2 Å². The van der Waals surface area contributed by atoms with Crippen LogP contribution in [0, 0.1) is 5.92 Å². The number of hydrogen-bond acceptors (Lipinski definition) is 7. The fourth-order valence-electron chi connectivity index (χ4n) is 6.47. The maximum atomic E-state index is 13.8. The molecule has 9 heteroatoms. The highest BCUT2D eigenvalue weighted by atomic mass is 16.5. The first-order valence-electron chi connectivity index (χ1n) is 14.3. The monoisotopic (exact) mass is 569 g/mol. The van der Waals surface area contributed by atoms with Crippen LogP contribution in [0.5, 0.6) is 17.2 Å². The van der Waals surface area contributed by atoms with Crippen molar-refractivity contribution in [2.24, 2.45) is 5.92 Å². The Morgan fingerprint density at radius 2 is 1.62 bits per heavy atom. The third-order valence-electron chi connectivity index (χ3n) is 8.60. The van der Waals surface area contributed by atoms with E-state index in [4.69, 9.17) is 14.2 Å². The van der Waals surface area contributed by atoms with Crippen LogP contribution in [0.25, 0.3) is 0 Å². The number of methoxy groups -OCH3 is 3. The molecule has 1 unspecified atom stereocenters. The van der Waals surface area contributed by atoms with Gasteiger partial charge < -0.3 is 24.0 Å². The molecule has 0 N–H and O–H groups in total. The molecule has 3 heterocycles. The Hall–Kier alpha value is -4.53. The smallest absolute Gasteiger partial charge is 0.263 e. The van der Waals surface area contributed by atoms with E-state index in [1.54, 1.807) is 18.2 Å². The topological polar surface area (TPSA) is 88.6 Å². The number of imide groups is 1. The van der Waals surface area contributed by atoms with Crippen molar-refractivity contribution in [3.8, 4) is 17.2 Å². The molecule has 0 radical (unpaired) electrons. The zero-order valence-corrected chi connectivity index (χ0v) is 24.2. The van der Waals surface area contributed by atoms with Gasteiger partial charge in [-0.3, -0.25) is 19.3 Å². The van der Waals surface area contributed by atoms with Crippen molar-refractivity contribution >= 4 is 23.4 Å². The molecule has 0 spiro atoms. The number of hydrogen-bond donors (Lipinski definition) is 0. The number of piperidine rings is 1. The van der Waals surface area contributed by atoms with Gasteiger partial charge in [-0.1, -0.05) is 30.3 Å². The third kappa shape index (κ3) is 4.82. The molecule has 1 atom stereocenters. The van der Waals surface area contributed by atoms with Gasteiger partial charge in [0.05, 0.1) is 50.6 Å². The van der Waals surface area contributed by atoms with Gasteiger partial charge >= 0.3 is 0 Å². The summed E-state index contributed by atoms with van der Waals surface area (Å²) < 4.78 is 16.3. The van der Waals surface area contributed by atoms with Crippen molar-refractivity contribution in [2.45, 2.75) is 32.4 Å². The number of nitrogens with zero attached hydrogens (tertiary/aromatic N) is 3. The molecule has 42 heavy (non-hydrogen) atoms. The molecule has 0 bridgehead atoms. The summed E-state index contributed by atoms with van der Waals surface area (Å²) in [7, 11) is 4.57. The van der Waals surface area contributed by atoms with E-state index in [0.29, 0.717) is 52.7 Å². The number of anilines is 1. The second-order valence-corrected chi connectivity index (χ2v) is 11.0. The Balaban J connectivity index is 1.22. The number of benzene rings is 3. The molecule has 3 aliphatic rings. The molecule has 0 saturated carbocycles. The summed E-state index contributed by atoms with van der Waals surface area (Å²) >= 11 is 0. The predicted octanol–water partition coefficient (Wildman–Crippen LogP) is 4.31. The highest BCUT2D eigenvalue weighted by molar-refractivity contribution is 6.23. The van der Waals surface area contributed by atoms with Gasteiger partial charge in [-0.05, 0) is 60.2 Å². The van der Waals surface area contributed by atoms with E-state index in [1.807, 2.05) is 29.2 Å². The molecule has 0 aromatic heterocycles. The molecular formula is C33H35N3O6. The largest absolute Gasteiger partial charge is 0.493 e. The second-order valence-electron chi connectivity index (χ2n) is 11.0. The van der Waals surface area contributed by atoms with Crippen molar-refractivity contribution in [2.75, 3.05) is 45.9 Å². The molecule has 3 aliphatic heterocycles. The van der Waals surface area contributed by atoms with Gasteiger partial charge in [-0.15, -0.1) is 0 Å². The van der Waals surface area contributed by atoms with E-state index < -0.39 is 0 Å². The van der Waals surface area contributed by atoms with Crippen LogP contribution in [0.15, 0.2) is 54.6 Å². The molecule has 218 valence electrons. The lowest BCUT2D eigenvalue weighted by atomic mass is 9.93. The van der Waals surface area contributed by atoms with Gasteiger partial charge in [-0.25, -0.2) is 0 Å². The number of carbonyl (C=O) groups excluding carboxylic acids is 3. The molecule has 3 aromatic carbocycles. The zero-order chi connectivity index (χ0) is 29.4. The maximum absolute atomic E-state index is 13.8. The quantitative estimate of drug-likeness (QED) is 0.392. The van der Waals surface area contributed by atoms with Crippen LogP contribution in [0.4, 0.5) is 5.69 Å². The molecular weight excluding hydrogens is 534 g/mol. The molecule has 0 aliphatic carbocycles. The highest BCUT2D eigenvalue weighted by Crippen LogP contribution is 2.40. The average Bonchev–Trinajstić information content (AvgIpc) is 3.28. The molecule has 1 saturated heterocycles. The molecule has 3 aromatic rings. The average molecular weight is 570 g/mol. The van der Waals surface area contributed by atoms with Crippen LogP contribution in [0.2, 0.25) is 0 Å². The van der Waals surface area contributed by atoms with Crippen LogP contribution in [0.1, 0.15) is 50.2 Å². The summed E-state index contributed by atoms with van der Waals surface area (Å²) in [5.41, 5.74) is 4.68. The van der Waals surface area contributed by atoms with Gasteiger partial charge in [0.15, 0.2) is 11.5 Å². The summed E-state index contributed by atoms with van der Waals surface area (Å²) in [4.78, 5) is 46.3. The Bertz CT molecular complexity index is 1530. The minimum Gasteiger partial charge on any atom is -0.493 e. The molecule has 1 fully saturated rings. The first-order chi connectivity index (χ1) is 20.4. The SMILES string of the molecule is COc1cc(CN2C(=O)c3cccc(N4CCCC(C(=O)N5CCc6ccccc6C5)C4)c3C2=O)cc(OC)c1OC. The first kappa shape index (κ1) is 27.6. The summed E-state index contributed by atoms with van der Waals surface area (Å²) in [5.74, 6) is 0.644. The molecule has 6 rings (SSSR count). The Labute approximate surface area is 245 Å². The van der Waals surface area contributed by atoms with Crippen molar-refractivity contribution in [3.63, 3.8) is 0 Å². The van der Waals surface area contributed by atoms with Crippen LogP contribution in [-0.2, 0) is 24.3 Å². The van der Waals surface area contributed by atoms with Gasteiger partial charge in [0.25, 0.3) is 11.8 Å². The van der Waals surface area contributed by atoms with Crippen LogP contribution < -0.4 is 19.1 Å². The van der Waals surface area contributed by atoms with Crippen molar-refractivity contribution in [1.29, 1.82) is 0 Å². The summed E-state index contributed by atoms with van der Waals surface area (Å²) in [6, 6.07) is 17.2. The fraction of sp³-hybridized carbons (Fsp3) is 0.364. The molecule has 3 amide bonds. The standard InChI is InChI=1S/C33H35N3O6/c1-40-27-16-21(17-28(41-2)30(27)42-3)18-36-32(38)25-11-6-12-26(29(25)33(36)39)34-14-7-10-24(20-34)31(37)35-15-13-22-8-4-5-9-23(22)19-35/h4-6,8-9,11-12,16-17,24H,7,10,13-15,18-20H2,1-3H3. The maximum Gasteiger partial charge on any atom is 0.263 e. The van der Waals surface area contributed by atoms with Crippen LogP contribution in [-0.4, -0.2) is 68.5 Å². The van der Waals surface area contributed by atoms with Crippen molar-refractivity contribution in [1.82, 2.24) is 9.80 Å². The normalized spacial score (nSPS) is 18.1. The van der Waals surface area contributed by atoms with Gasteiger partial charge in [0.1, 0.15) is 0 Å². The second kappa shape index (κ2) is 11.4. The summed E-state index contributed by atoms with van der Waals surface area (Å²) in [5, 5.41) is 0. The van der Waals surface area contributed by atoms with Gasteiger partial charge in [0, 0.05) is 26.2 Å². The highest BCUT2D eigenvalue weighted by Gasteiger charge is 2.40. The Kier molecular flexibility index (Phi) is 7.49. The van der Waals surface area contributed by atoms with Gasteiger partial charge in [0.2, 0.25) is 11.7 Å². The number of rotatable bonds is 7. The van der Waals surface area contributed by atoms with E-state index in [9.17, 15) is 14.4 Å². The lowest BCUT2D eigenvalue weighted by Crippen LogP contribution is -2.46. The predicted molar refractivity (Wildman–Crippen MR) is 157 cm³/mol. The molecule has 9 nitrogen and oxygen atoms in total. The van der Waals surface area contributed by atoms with E-state index in [2.05, 4.69) is 17.0 Å². The third-order valence-corrected chi connectivity index (χ3v) is 8.60. The first-order valence-corrected chi connectivity index (χ1v) is 14.3. The lowest BCUT2D eigenvalue weighted by Gasteiger charge is -2.38. The lowest BCUT2D eigenvalue weighted by molar-refractivity contribution is -0.136. The van der Waals surface area contributed by atoms with E-state index in [0.717, 1.165) is 32.4 Å². The van der Waals surface area contributed by atoms with E-state index >= 15 is 0 Å². The zero-order valence-electron chi connectivity index (χ0n) is 24.2. The van der Waals surface area contributed by atoms with Crippen molar-refractivity contribution < 1.29 is 28.6 Å². The fourth-order valence-corrected chi connectivity index (χ4v) is 6.47. The minimum atomic E-state index is -0.347. The van der Waals surface area contributed by atoms with E-state index in [1.165, 1.54) is 37.4 Å². The Morgan fingerprint density at radius 1 is 0.881 bits per heavy atom. The number of ether oxygens (including phenoxy) is 3. The van der Waals surface area contributed by atoms with Gasteiger partial charge in [-0.2, -0.15) is 0 Å². The van der Waals surface area contributed by atoms with Crippen LogP contribution in [0.3, 0.4) is 0 Å². The number of amides is 3. The Morgan fingerprint density at radius 3 is 2.33 bits per heavy atom. The summed E-state index contributed by atoms with van der Waals surface area (Å²) in [6.45, 7) is 2.64.